The van der Waals surface area contributed by atoms with Crippen LogP contribution in [-0.2, 0) is 4.79 Å². The molecule has 0 saturated heterocycles. The number of benzene rings is 2. The number of nitro groups is 1. The van der Waals surface area contributed by atoms with Crippen molar-refractivity contribution in [3.8, 4) is 11.5 Å². The molecule has 27 heavy (non-hydrogen) atoms. The van der Waals surface area contributed by atoms with Crippen molar-refractivity contribution in [2.45, 2.75) is 24.0 Å². The molecule has 3 aromatic rings. The zero-order chi connectivity index (χ0) is 19.4. The Morgan fingerprint density at radius 1 is 1.15 bits per heavy atom. The molecule has 8 nitrogen and oxygen atoms in total. The fraction of sp³-hybridized carbons (Fsp3) is 0.167. The second-order valence-corrected chi connectivity index (χ2v) is 7.13. The van der Waals surface area contributed by atoms with E-state index in [1.54, 1.807) is 23.9 Å². The summed E-state index contributed by atoms with van der Waals surface area (Å²) in [6.07, 6.45) is 0. The first-order valence-corrected chi connectivity index (χ1v) is 8.93. The summed E-state index contributed by atoms with van der Waals surface area (Å²) in [4.78, 5) is 22.3. The lowest BCUT2D eigenvalue weighted by Crippen LogP contribution is -2.05. The SMILES string of the molecule is CC(=O)Nc1ccc(SC(C)c2nnc(-c3ccc([N+](=O)[O-])cc3)o2)cc1. The summed E-state index contributed by atoms with van der Waals surface area (Å²) >= 11 is 1.54. The number of carbonyl (C=O) groups is 1. The van der Waals surface area contributed by atoms with Gasteiger partial charge in [-0.15, -0.1) is 22.0 Å². The highest BCUT2D eigenvalue weighted by Crippen LogP contribution is 2.35. The van der Waals surface area contributed by atoms with Crippen molar-refractivity contribution in [1.82, 2.24) is 10.2 Å². The van der Waals surface area contributed by atoms with Crippen LogP contribution in [0, 0.1) is 10.1 Å². The smallest absolute Gasteiger partial charge is 0.269 e. The molecule has 138 valence electrons. The van der Waals surface area contributed by atoms with Crippen LogP contribution in [0.3, 0.4) is 0 Å². The van der Waals surface area contributed by atoms with Gasteiger partial charge in [0, 0.05) is 35.2 Å². The van der Waals surface area contributed by atoms with Crippen molar-refractivity contribution in [3.63, 3.8) is 0 Å². The predicted molar refractivity (Wildman–Crippen MR) is 101 cm³/mol. The van der Waals surface area contributed by atoms with Crippen molar-refractivity contribution in [3.05, 3.63) is 64.5 Å². The number of thioether (sulfide) groups is 1. The molecule has 0 spiro atoms. The Morgan fingerprint density at radius 3 is 2.41 bits per heavy atom. The molecule has 1 amide bonds. The third-order valence-corrected chi connectivity index (χ3v) is 4.70. The first-order chi connectivity index (χ1) is 12.9. The van der Waals surface area contributed by atoms with E-state index in [0.29, 0.717) is 17.3 Å². The van der Waals surface area contributed by atoms with Gasteiger partial charge in [0.05, 0.1) is 10.2 Å². The third-order valence-electron chi connectivity index (χ3n) is 3.60. The minimum atomic E-state index is -0.459. The molecule has 1 unspecified atom stereocenters. The van der Waals surface area contributed by atoms with E-state index in [4.69, 9.17) is 4.42 Å². The highest BCUT2D eigenvalue weighted by Gasteiger charge is 2.17. The monoisotopic (exact) mass is 384 g/mol. The summed E-state index contributed by atoms with van der Waals surface area (Å²) in [6.45, 7) is 3.41. The van der Waals surface area contributed by atoms with E-state index in [9.17, 15) is 14.9 Å². The molecule has 0 bridgehead atoms. The molecular formula is C18H16N4O4S. The van der Waals surface area contributed by atoms with Crippen LogP contribution < -0.4 is 5.32 Å². The quantitative estimate of drug-likeness (QED) is 0.379. The fourth-order valence-corrected chi connectivity index (χ4v) is 3.21. The average molecular weight is 384 g/mol. The van der Waals surface area contributed by atoms with E-state index in [0.717, 1.165) is 10.6 Å². The minimum Gasteiger partial charge on any atom is -0.419 e. The Labute approximate surface area is 159 Å². The van der Waals surface area contributed by atoms with Crippen LogP contribution in [-0.4, -0.2) is 21.0 Å². The Kier molecular flexibility index (Phi) is 5.51. The van der Waals surface area contributed by atoms with Gasteiger partial charge in [0.2, 0.25) is 17.7 Å². The van der Waals surface area contributed by atoms with Gasteiger partial charge in [0.25, 0.3) is 5.69 Å². The number of hydrogen-bond acceptors (Lipinski definition) is 7. The first-order valence-electron chi connectivity index (χ1n) is 8.05. The van der Waals surface area contributed by atoms with Gasteiger partial charge in [-0.3, -0.25) is 14.9 Å². The van der Waals surface area contributed by atoms with Crippen molar-refractivity contribution >= 4 is 29.0 Å². The van der Waals surface area contributed by atoms with Crippen LogP contribution in [0.1, 0.15) is 25.0 Å². The maximum absolute atomic E-state index is 11.1. The van der Waals surface area contributed by atoms with Crippen LogP contribution in [0.2, 0.25) is 0 Å². The zero-order valence-electron chi connectivity index (χ0n) is 14.6. The Balaban J connectivity index is 1.68. The summed E-state index contributed by atoms with van der Waals surface area (Å²) in [6, 6.07) is 13.4. The highest BCUT2D eigenvalue weighted by molar-refractivity contribution is 7.99. The van der Waals surface area contributed by atoms with Gasteiger partial charge in [-0.05, 0) is 43.3 Å². The molecule has 0 aliphatic rings. The number of aromatic nitrogens is 2. The number of nitro benzene ring substituents is 1. The van der Waals surface area contributed by atoms with Crippen molar-refractivity contribution in [2.75, 3.05) is 5.32 Å². The largest absolute Gasteiger partial charge is 0.419 e. The topological polar surface area (TPSA) is 111 Å². The molecule has 1 heterocycles. The molecule has 0 aliphatic heterocycles. The zero-order valence-corrected chi connectivity index (χ0v) is 15.4. The second kappa shape index (κ2) is 8.00. The fourth-order valence-electron chi connectivity index (χ4n) is 2.32. The van der Waals surface area contributed by atoms with E-state index in [2.05, 4.69) is 15.5 Å². The van der Waals surface area contributed by atoms with Gasteiger partial charge in [-0.25, -0.2) is 0 Å². The normalized spacial score (nSPS) is 11.8. The number of non-ortho nitro benzene ring substituents is 1. The molecule has 0 aliphatic carbocycles. The first kappa shape index (κ1) is 18.6. The van der Waals surface area contributed by atoms with Crippen LogP contribution in [0.25, 0.3) is 11.5 Å². The van der Waals surface area contributed by atoms with Gasteiger partial charge in [-0.2, -0.15) is 0 Å². The molecule has 0 saturated carbocycles. The third kappa shape index (κ3) is 4.70. The molecule has 1 aromatic heterocycles. The number of anilines is 1. The second-order valence-electron chi connectivity index (χ2n) is 5.72. The maximum Gasteiger partial charge on any atom is 0.269 e. The summed E-state index contributed by atoms with van der Waals surface area (Å²) in [5, 5.41) is 21.4. The molecule has 3 rings (SSSR count). The van der Waals surface area contributed by atoms with Gasteiger partial charge in [-0.1, -0.05) is 0 Å². The maximum atomic E-state index is 11.1. The molecule has 9 heteroatoms. The van der Waals surface area contributed by atoms with Gasteiger partial charge < -0.3 is 9.73 Å². The summed E-state index contributed by atoms with van der Waals surface area (Å²) in [5.74, 6) is 0.654. The number of amides is 1. The van der Waals surface area contributed by atoms with Crippen LogP contribution in [0.4, 0.5) is 11.4 Å². The summed E-state index contributed by atoms with van der Waals surface area (Å²) in [5.41, 5.74) is 1.36. The van der Waals surface area contributed by atoms with Crippen molar-refractivity contribution in [2.24, 2.45) is 0 Å². The molecule has 1 N–H and O–H groups in total. The number of nitrogens with one attached hydrogen (secondary N) is 1. The summed E-state index contributed by atoms with van der Waals surface area (Å²) < 4.78 is 5.71. The van der Waals surface area contributed by atoms with Crippen molar-refractivity contribution in [1.29, 1.82) is 0 Å². The summed E-state index contributed by atoms with van der Waals surface area (Å²) in [7, 11) is 0. The van der Waals surface area contributed by atoms with E-state index in [-0.39, 0.29) is 16.8 Å². The predicted octanol–water partition coefficient (Wildman–Crippen LogP) is 4.46. The minimum absolute atomic E-state index is 0.00474. The van der Waals surface area contributed by atoms with E-state index in [1.807, 2.05) is 31.2 Å². The molecule has 0 radical (unpaired) electrons. The van der Waals surface area contributed by atoms with Gasteiger partial charge >= 0.3 is 0 Å². The van der Waals surface area contributed by atoms with E-state index >= 15 is 0 Å². The van der Waals surface area contributed by atoms with Crippen molar-refractivity contribution < 1.29 is 14.1 Å². The molecular weight excluding hydrogens is 368 g/mol. The van der Waals surface area contributed by atoms with Crippen LogP contribution in [0.15, 0.2) is 57.8 Å². The van der Waals surface area contributed by atoms with Crippen LogP contribution >= 0.6 is 11.8 Å². The Bertz CT molecular complexity index is 954. The van der Waals surface area contributed by atoms with Gasteiger partial charge in [0.1, 0.15) is 0 Å². The highest BCUT2D eigenvalue weighted by atomic mass is 32.2. The van der Waals surface area contributed by atoms with E-state index < -0.39 is 4.92 Å². The molecule has 1 atom stereocenters. The lowest BCUT2D eigenvalue weighted by molar-refractivity contribution is -0.384. The Hall–Kier alpha value is -3.20. The van der Waals surface area contributed by atoms with Crippen LogP contribution in [0.5, 0.6) is 0 Å². The molecule has 2 aromatic carbocycles. The Morgan fingerprint density at radius 2 is 1.81 bits per heavy atom. The number of rotatable bonds is 6. The number of hydrogen-bond donors (Lipinski definition) is 1. The van der Waals surface area contributed by atoms with E-state index in [1.165, 1.54) is 19.1 Å². The lowest BCUT2D eigenvalue weighted by atomic mass is 10.2. The lowest BCUT2D eigenvalue weighted by Gasteiger charge is -2.08. The number of nitrogens with zero attached hydrogens (tertiary/aromatic N) is 3. The molecule has 0 fully saturated rings. The number of carbonyl (C=O) groups excluding carboxylic acids is 1. The average Bonchev–Trinajstić information content (AvgIpc) is 3.13. The standard InChI is InChI=1S/C18H16N4O4S/c1-11(27-16-9-5-14(6-10-16)19-12(2)23)17-20-21-18(26-17)13-3-7-15(8-4-13)22(24)25/h3-11H,1-2H3,(H,19,23). The van der Waals surface area contributed by atoms with Gasteiger partial charge in [0.15, 0.2) is 0 Å².